The van der Waals surface area contributed by atoms with Gasteiger partial charge in [-0.25, -0.2) is 0 Å². The van der Waals surface area contributed by atoms with Gasteiger partial charge in [0.2, 0.25) is 0 Å². The summed E-state index contributed by atoms with van der Waals surface area (Å²) in [5.74, 6) is 0. The van der Waals surface area contributed by atoms with Crippen LogP contribution in [-0.4, -0.2) is 4.98 Å². The second-order valence-electron chi connectivity index (χ2n) is 3.46. The average molecular weight is 187 g/mol. The molecule has 0 atom stereocenters. The van der Waals surface area contributed by atoms with Crippen LogP contribution in [0.25, 0.3) is 5.57 Å². The molecular weight excluding hydrogens is 170 g/mol. The van der Waals surface area contributed by atoms with Gasteiger partial charge in [0, 0.05) is 12.4 Å². The van der Waals surface area contributed by atoms with E-state index < -0.39 is 0 Å². The molecule has 74 valence electrons. The first-order valence-corrected chi connectivity index (χ1v) is 4.98. The first-order chi connectivity index (χ1) is 6.74. The highest BCUT2D eigenvalue weighted by atomic mass is 14.6. The lowest BCUT2D eigenvalue weighted by Gasteiger charge is -1.98. The van der Waals surface area contributed by atoms with Crippen molar-refractivity contribution in [1.29, 1.82) is 0 Å². The Balaban J connectivity index is 2.81. The number of aromatic nitrogens is 1. The summed E-state index contributed by atoms with van der Waals surface area (Å²) in [6.07, 6.45) is 9.11. The molecule has 0 aliphatic carbocycles. The molecule has 0 bridgehead atoms. The van der Waals surface area contributed by atoms with Crippen molar-refractivity contribution < 1.29 is 0 Å². The van der Waals surface area contributed by atoms with E-state index in [1.807, 2.05) is 12.3 Å². The third kappa shape index (κ3) is 3.17. The molecule has 0 amide bonds. The molecule has 1 heterocycles. The first kappa shape index (κ1) is 10.7. The molecule has 1 aromatic heterocycles. The van der Waals surface area contributed by atoms with E-state index >= 15 is 0 Å². The zero-order valence-corrected chi connectivity index (χ0v) is 9.12. The average Bonchev–Trinajstić information content (AvgIpc) is 2.26. The second kappa shape index (κ2) is 5.38. The van der Waals surface area contributed by atoms with Crippen LogP contribution in [0.3, 0.4) is 0 Å². The van der Waals surface area contributed by atoms with Gasteiger partial charge in [-0.2, -0.15) is 0 Å². The van der Waals surface area contributed by atoms with Crippen molar-refractivity contribution in [2.24, 2.45) is 0 Å². The molecular formula is C13H17N. The summed E-state index contributed by atoms with van der Waals surface area (Å²) in [7, 11) is 0. The lowest BCUT2D eigenvalue weighted by molar-refractivity contribution is 1.10. The number of hydrogen-bond donors (Lipinski definition) is 0. The van der Waals surface area contributed by atoms with Crippen molar-refractivity contribution in [3.05, 3.63) is 47.8 Å². The molecule has 0 spiro atoms. The van der Waals surface area contributed by atoms with Crippen LogP contribution in [0.15, 0.2) is 42.3 Å². The lowest BCUT2D eigenvalue weighted by atomic mass is 10.1. The topological polar surface area (TPSA) is 12.9 Å². The summed E-state index contributed by atoms with van der Waals surface area (Å²) in [6.45, 7) is 6.42. The van der Waals surface area contributed by atoms with Gasteiger partial charge in [-0.15, -0.1) is 0 Å². The van der Waals surface area contributed by atoms with E-state index in [-0.39, 0.29) is 0 Å². The summed E-state index contributed by atoms with van der Waals surface area (Å²) >= 11 is 0. The molecule has 0 aromatic carbocycles. The minimum Gasteiger partial charge on any atom is -0.264 e. The van der Waals surface area contributed by atoms with Crippen molar-refractivity contribution in [3.63, 3.8) is 0 Å². The Morgan fingerprint density at radius 1 is 1.36 bits per heavy atom. The Kier molecular flexibility index (Phi) is 4.11. The van der Waals surface area contributed by atoms with E-state index in [1.165, 1.54) is 16.7 Å². The molecule has 0 unspecified atom stereocenters. The van der Waals surface area contributed by atoms with Crippen LogP contribution >= 0.6 is 0 Å². The lowest BCUT2D eigenvalue weighted by Crippen LogP contribution is -1.80. The Morgan fingerprint density at radius 2 is 2.14 bits per heavy atom. The molecule has 1 heteroatoms. The van der Waals surface area contributed by atoms with Gasteiger partial charge in [-0.3, -0.25) is 4.98 Å². The predicted octanol–water partition coefficient (Wildman–Crippen LogP) is 3.84. The summed E-state index contributed by atoms with van der Waals surface area (Å²) in [5.41, 5.74) is 3.84. The highest BCUT2D eigenvalue weighted by Crippen LogP contribution is 2.12. The summed E-state index contributed by atoms with van der Waals surface area (Å²) in [5, 5.41) is 0. The molecule has 14 heavy (non-hydrogen) atoms. The number of pyridine rings is 1. The summed E-state index contributed by atoms with van der Waals surface area (Å²) in [4.78, 5) is 4.09. The van der Waals surface area contributed by atoms with Crippen molar-refractivity contribution in [2.45, 2.75) is 27.2 Å². The Bertz CT molecular complexity index is 334. The molecule has 0 N–H and O–H groups in total. The van der Waals surface area contributed by atoms with Gasteiger partial charge < -0.3 is 0 Å². The molecule has 0 saturated carbocycles. The molecule has 0 radical (unpaired) electrons. The standard InChI is InChI=1S/C13H17N/c1-4-11(2)7-8-12(3)13-6-5-9-14-10-13/h5-10H,4H2,1-3H3. The van der Waals surface area contributed by atoms with E-state index in [0.717, 1.165) is 6.42 Å². The molecule has 1 rings (SSSR count). The molecule has 0 fully saturated rings. The Labute approximate surface area is 86.2 Å². The zero-order valence-electron chi connectivity index (χ0n) is 9.12. The molecule has 1 aromatic rings. The largest absolute Gasteiger partial charge is 0.264 e. The fourth-order valence-electron chi connectivity index (χ4n) is 1.08. The van der Waals surface area contributed by atoms with Gasteiger partial charge in [0.25, 0.3) is 0 Å². The van der Waals surface area contributed by atoms with E-state index in [2.05, 4.69) is 44.0 Å². The van der Waals surface area contributed by atoms with Crippen molar-refractivity contribution in [2.75, 3.05) is 0 Å². The SMILES string of the molecule is CCC(C)=CC=C(C)c1cccnc1. The summed E-state index contributed by atoms with van der Waals surface area (Å²) in [6, 6.07) is 4.04. The monoisotopic (exact) mass is 187 g/mol. The quantitative estimate of drug-likeness (QED) is 0.655. The van der Waals surface area contributed by atoms with Crippen LogP contribution in [-0.2, 0) is 0 Å². The fraction of sp³-hybridized carbons (Fsp3) is 0.308. The minimum absolute atomic E-state index is 1.11. The maximum absolute atomic E-state index is 4.09. The second-order valence-corrected chi connectivity index (χ2v) is 3.46. The Hall–Kier alpha value is -1.37. The third-order valence-electron chi connectivity index (χ3n) is 2.29. The van der Waals surface area contributed by atoms with Gasteiger partial charge in [0.1, 0.15) is 0 Å². The number of rotatable bonds is 3. The number of nitrogens with zero attached hydrogens (tertiary/aromatic N) is 1. The van der Waals surface area contributed by atoms with Crippen molar-refractivity contribution in [1.82, 2.24) is 4.98 Å². The van der Waals surface area contributed by atoms with Crippen LogP contribution in [0.5, 0.6) is 0 Å². The van der Waals surface area contributed by atoms with Crippen LogP contribution in [0.2, 0.25) is 0 Å². The van der Waals surface area contributed by atoms with Crippen molar-refractivity contribution >= 4 is 5.57 Å². The van der Waals surface area contributed by atoms with E-state index in [1.54, 1.807) is 6.20 Å². The van der Waals surface area contributed by atoms with Crippen LogP contribution < -0.4 is 0 Å². The van der Waals surface area contributed by atoms with E-state index in [9.17, 15) is 0 Å². The first-order valence-electron chi connectivity index (χ1n) is 4.98. The molecule has 1 nitrogen and oxygen atoms in total. The number of allylic oxidation sites excluding steroid dienone is 4. The molecule has 0 aliphatic rings. The van der Waals surface area contributed by atoms with E-state index in [0.29, 0.717) is 0 Å². The highest BCUT2D eigenvalue weighted by molar-refractivity contribution is 5.64. The van der Waals surface area contributed by atoms with Gasteiger partial charge in [-0.05, 0) is 37.5 Å². The maximum Gasteiger partial charge on any atom is 0.0342 e. The van der Waals surface area contributed by atoms with Crippen molar-refractivity contribution in [3.8, 4) is 0 Å². The van der Waals surface area contributed by atoms with Gasteiger partial charge in [-0.1, -0.05) is 30.7 Å². The van der Waals surface area contributed by atoms with Crippen LogP contribution in [0, 0.1) is 0 Å². The molecule has 0 aliphatic heterocycles. The minimum atomic E-state index is 1.11. The van der Waals surface area contributed by atoms with Crippen LogP contribution in [0.1, 0.15) is 32.8 Å². The normalized spacial score (nSPS) is 13.1. The van der Waals surface area contributed by atoms with Crippen LogP contribution in [0.4, 0.5) is 0 Å². The van der Waals surface area contributed by atoms with Gasteiger partial charge in [0.15, 0.2) is 0 Å². The third-order valence-corrected chi connectivity index (χ3v) is 2.29. The smallest absolute Gasteiger partial charge is 0.0342 e. The predicted molar refractivity (Wildman–Crippen MR) is 61.9 cm³/mol. The maximum atomic E-state index is 4.09. The Morgan fingerprint density at radius 3 is 2.71 bits per heavy atom. The fourth-order valence-corrected chi connectivity index (χ4v) is 1.08. The summed E-state index contributed by atoms with van der Waals surface area (Å²) < 4.78 is 0. The van der Waals surface area contributed by atoms with Gasteiger partial charge >= 0.3 is 0 Å². The van der Waals surface area contributed by atoms with E-state index in [4.69, 9.17) is 0 Å². The number of hydrogen-bond acceptors (Lipinski definition) is 1. The zero-order chi connectivity index (χ0) is 10.4. The van der Waals surface area contributed by atoms with Gasteiger partial charge in [0.05, 0.1) is 0 Å². The molecule has 0 saturated heterocycles. The highest BCUT2D eigenvalue weighted by Gasteiger charge is 1.92.